The van der Waals surface area contributed by atoms with Crippen molar-refractivity contribution in [1.29, 1.82) is 0 Å². The first-order valence-electron chi connectivity index (χ1n) is 9.53. The number of hydrogen-bond acceptors (Lipinski definition) is 5. The van der Waals surface area contributed by atoms with Crippen molar-refractivity contribution in [2.45, 2.75) is 37.5 Å². The topological polar surface area (TPSA) is 60.5 Å². The van der Waals surface area contributed by atoms with Crippen LogP contribution in [0.2, 0.25) is 0 Å². The van der Waals surface area contributed by atoms with Gasteiger partial charge in [-0.2, -0.15) is 0 Å². The van der Waals surface area contributed by atoms with Crippen molar-refractivity contribution >= 4 is 34.3 Å². The molecule has 3 rings (SSSR count). The van der Waals surface area contributed by atoms with Crippen LogP contribution < -0.4 is 14.8 Å². The van der Waals surface area contributed by atoms with Crippen LogP contribution in [0.5, 0.6) is 11.5 Å². The minimum Gasteiger partial charge on any atom is -0.497 e. The summed E-state index contributed by atoms with van der Waals surface area (Å²) in [6.07, 6.45) is 0.676. The lowest BCUT2D eigenvalue weighted by Gasteiger charge is -2.17. The molecule has 1 amide bonds. The van der Waals surface area contributed by atoms with Crippen LogP contribution in [0.1, 0.15) is 24.5 Å². The van der Waals surface area contributed by atoms with Crippen molar-refractivity contribution in [3.63, 3.8) is 0 Å². The summed E-state index contributed by atoms with van der Waals surface area (Å²) in [7, 11) is 3.17. The Morgan fingerprint density at radius 2 is 1.90 bits per heavy atom. The second-order valence-electron chi connectivity index (χ2n) is 6.82. The van der Waals surface area contributed by atoms with Gasteiger partial charge in [0.15, 0.2) is 0 Å². The van der Waals surface area contributed by atoms with E-state index in [4.69, 9.17) is 14.5 Å². The van der Waals surface area contributed by atoms with Crippen LogP contribution in [0.25, 0.3) is 10.9 Å². The minimum absolute atomic E-state index is 0.0895. The number of anilines is 1. The number of benzene rings is 2. The van der Waals surface area contributed by atoms with Crippen molar-refractivity contribution in [3.8, 4) is 11.5 Å². The molecule has 0 aliphatic rings. The number of nitrogens with zero attached hydrogens (tertiary/aromatic N) is 1. The first-order valence-corrected chi connectivity index (χ1v) is 10.4. The Morgan fingerprint density at radius 1 is 1.10 bits per heavy atom. The molecule has 1 atom stereocenters. The quantitative estimate of drug-likeness (QED) is 0.530. The van der Waals surface area contributed by atoms with Gasteiger partial charge in [-0.3, -0.25) is 4.79 Å². The fourth-order valence-electron chi connectivity index (χ4n) is 3.18. The van der Waals surface area contributed by atoms with Gasteiger partial charge in [0.2, 0.25) is 5.91 Å². The third-order valence-electron chi connectivity index (χ3n) is 4.82. The largest absolute Gasteiger partial charge is 0.497 e. The van der Waals surface area contributed by atoms with Gasteiger partial charge in [-0.15, -0.1) is 0 Å². The number of ether oxygens (including phenoxy) is 2. The smallest absolute Gasteiger partial charge is 0.238 e. The summed E-state index contributed by atoms with van der Waals surface area (Å²) >= 11 is 1.48. The molecule has 0 aliphatic heterocycles. The number of para-hydroxylation sites is 1. The standard InChI is InChI=1S/C23H26N2O3S/c1-6-20(23(26)24-18-13-16(27-4)10-11-19(18)28-5)29-21-12-15(3)17-9-7-8-14(2)22(17)25-21/h7-13,20H,6H2,1-5H3,(H,24,26). The van der Waals surface area contributed by atoms with E-state index in [1.54, 1.807) is 32.4 Å². The fraction of sp³-hybridized carbons (Fsp3) is 0.304. The monoisotopic (exact) mass is 410 g/mol. The maximum Gasteiger partial charge on any atom is 0.238 e. The van der Waals surface area contributed by atoms with Crippen molar-refractivity contribution in [1.82, 2.24) is 4.98 Å². The normalized spacial score (nSPS) is 11.9. The Morgan fingerprint density at radius 3 is 2.59 bits per heavy atom. The molecule has 0 radical (unpaired) electrons. The van der Waals surface area contributed by atoms with Gasteiger partial charge in [-0.1, -0.05) is 36.9 Å². The highest BCUT2D eigenvalue weighted by atomic mass is 32.2. The molecule has 1 aromatic heterocycles. The van der Waals surface area contributed by atoms with Gasteiger partial charge >= 0.3 is 0 Å². The van der Waals surface area contributed by atoms with Gasteiger partial charge in [0, 0.05) is 11.5 Å². The maximum atomic E-state index is 13.0. The molecule has 0 bridgehead atoms. The Kier molecular flexibility index (Phi) is 6.64. The van der Waals surface area contributed by atoms with E-state index in [2.05, 4.69) is 37.4 Å². The van der Waals surface area contributed by atoms with E-state index in [0.717, 1.165) is 27.1 Å². The molecule has 6 heteroatoms. The summed E-state index contributed by atoms with van der Waals surface area (Å²) in [5.74, 6) is 1.16. The molecule has 0 saturated heterocycles. The third kappa shape index (κ3) is 4.65. The van der Waals surface area contributed by atoms with E-state index in [1.807, 2.05) is 13.0 Å². The summed E-state index contributed by atoms with van der Waals surface area (Å²) in [6.45, 7) is 6.14. The number of fused-ring (bicyclic) bond motifs is 1. The molecule has 152 valence electrons. The van der Waals surface area contributed by atoms with Gasteiger partial charge in [0.1, 0.15) is 11.5 Å². The number of aromatic nitrogens is 1. The summed E-state index contributed by atoms with van der Waals surface area (Å²) in [5.41, 5.74) is 3.87. The first kappa shape index (κ1) is 21.0. The van der Waals surface area contributed by atoms with Crippen LogP contribution in [0, 0.1) is 13.8 Å². The molecule has 0 aliphatic carbocycles. The number of aryl methyl sites for hydroxylation is 2. The van der Waals surface area contributed by atoms with Crippen molar-refractivity contribution in [3.05, 3.63) is 53.6 Å². The van der Waals surface area contributed by atoms with E-state index >= 15 is 0 Å². The third-order valence-corrected chi connectivity index (χ3v) is 6.10. The average molecular weight is 411 g/mol. The predicted molar refractivity (Wildman–Crippen MR) is 119 cm³/mol. The van der Waals surface area contributed by atoms with E-state index in [1.165, 1.54) is 11.8 Å². The molecular formula is C23H26N2O3S. The molecule has 0 fully saturated rings. The first-order chi connectivity index (χ1) is 14.0. The fourth-order valence-corrected chi connectivity index (χ4v) is 4.20. The van der Waals surface area contributed by atoms with Gasteiger partial charge < -0.3 is 14.8 Å². The molecule has 1 unspecified atom stereocenters. The number of amides is 1. The maximum absolute atomic E-state index is 13.0. The van der Waals surface area contributed by atoms with Crippen LogP contribution in [0.3, 0.4) is 0 Å². The number of methoxy groups -OCH3 is 2. The van der Waals surface area contributed by atoms with Crippen LogP contribution in [-0.2, 0) is 4.79 Å². The summed E-state index contributed by atoms with van der Waals surface area (Å²) in [6, 6.07) is 13.6. The Hall–Kier alpha value is -2.73. The summed E-state index contributed by atoms with van der Waals surface area (Å²) < 4.78 is 10.6. The van der Waals surface area contributed by atoms with E-state index < -0.39 is 0 Å². The van der Waals surface area contributed by atoms with E-state index in [9.17, 15) is 4.79 Å². The zero-order valence-electron chi connectivity index (χ0n) is 17.4. The van der Waals surface area contributed by atoms with Crippen molar-refractivity contribution in [2.75, 3.05) is 19.5 Å². The van der Waals surface area contributed by atoms with Gasteiger partial charge in [-0.05, 0) is 49.6 Å². The lowest BCUT2D eigenvalue weighted by molar-refractivity contribution is -0.115. The van der Waals surface area contributed by atoms with Gasteiger partial charge in [-0.25, -0.2) is 4.98 Å². The van der Waals surface area contributed by atoms with E-state index in [0.29, 0.717) is 23.6 Å². The molecule has 0 spiro atoms. The lowest BCUT2D eigenvalue weighted by Crippen LogP contribution is -2.25. The van der Waals surface area contributed by atoms with Crippen LogP contribution >= 0.6 is 11.8 Å². The molecule has 29 heavy (non-hydrogen) atoms. The second-order valence-corrected chi connectivity index (χ2v) is 8.04. The number of carbonyl (C=O) groups excluding carboxylic acids is 1. The zero-order valence-corrected chi connectivity index (χ0v) is 18.2. The predicted octanol–water partition coefficient (Wildman–Crippen LogP) is 5.38. The number of pyridine rings is 1. The van der Waals surface area contributed by atoms with Crippen molar-refractivity contribution < 1.29 is 14.3 Å². The highest BCUT2D eigenvalue weighted by molar-refractivity contribution is 8.00. The number of hydrogen-bond donors (Lipinski definition) is 1. The van der Waals surface area contributed by atoms with Crippen LogP contribution in [0.4, 0.5) is 5.69 Å². The summed E-state index contributed by atoms with van der Waals surface area (Å²) in [5, 5.41) is 4.70. The van der Waals surface area contributed by atoms with Gasteiger partial charge in [0.25, 0.3) is 0 Å². The van der Waals surface area contributed by atoms with Gasteiger partial charge in [0.05, 0.1) is 35.7 Å². The number of thioether (sulfide) groups is 1. The number of carbonyl (C=O) groups is 1. The molecular weight excluding hydrogens is 384 g/mol. The Balaban J connectivity index is 1.84. The lowest BCUT2D eigenvalue weighted by atomic mass is 10.1. The average Bonchev–Trinajstić information content (AvgIpc) is 2.72. The van der Waals surface area contributed by atoms with Crippen LogP contribution in [-0.4, -0.2) is 30.4 Å². The molecule has 1 N–H and O–H groups in total. The molecule has 0 saturated carbocycles. The molecule has 3 aromatic rings. The highest BCUT2D eigenvalue weighted by Gasteiger charge is 2.21. The Bertz CT molecular complexity index is 1040. The second kappa shape index (κ2) is 9.18. The molecule has 1 heterocycles. The molecule has 5 nitrogen and oxygen atoms in total. The van der Waals surface area contributed by atoms with Crippen LogP contribution in [0.15, 0.2) is 47.5 Å². The molecule has 2 aromatic carbocycles. The van der Waals surface area contributed by atoms with E-state index in [-0.39, 0.29) is 11.2 Å². The highest BCUT2D eigenvalue weighted by Crippen LogP contribution is 2.32. The number of rotatable bonds is 7. The zero-order chi connectivity index (χ0) is 21.0. The SMILES string of the molecule is CCC(Sc1cc(C)c2cccc(C)c2n1)C(=O)Nc1cc(OC)ccc1OC. The van der Waals surface area contributed by atoms with Crippen molar-refractivity contribution in [2.24, 2.45) is 0 Å². The minimum atomic E-state index is -0.278. The summed E-state index contributed by atoms with van der Waals surface area (Å²) in [4.78, 5) is 17.8. The Labute approximate surface area is 175 Å². The number of nitrogens with one attached hydrogen (secondary N) is 1.